The molecule has 0 N–H and O–H groups in total. The van der Waals surface area contributed by atoms with Crippen molar-refractivity contribution < 1.29 is 0 Å². The summed E-state index contributed by atoms with van der Waals surface area (Å²) in [5.41, 5.74) is 6.80. The summed E-state index contributed by atoms with van der Waals surface area (Å²) in [6.45, 7) is 7.48. The molecule has 3 rings (SSSR count). The van der Waals surface area contributed by atoms with Crippen molar-refractivity contribution in [1.29, 1.82) is 0 Å². The molecule has 0 saturated carbocycles. The Bertz CT molecular complexity index is 714. The first-order chi connectivity index (χ1) is 9.15. The van der Waals surface area contributed by atoms with Crippen LogP contribution >= 0.6 is 0 Å². The lowest BCUT2D eigenvalue weighted by molar-refractivity contribution is 0.823. The highest BCUT2D eigenvalue weighted by molar-refractivity contribution is 5.80. The second kappa shape index (κ2) is 4.58. The Kier molecular flexibility index (Phi) is 2.90. The first-order valence-electron chi connectivity index (χ1n) is 6.76. The van der Waals surface area contributed by atoms with Crippen molar-refractivity contribution in [3.63, 3.8) is 0 Å². The van der Waals surface area contributed by atoms with Gasteiger partial charge in [0, 0.05) is 18.3 Å². The van der Waals surface area contributed by atoms with Crippen molar-refractivity contribution in [2.75, 3.05) is 0 Å². The normalized spacial score (nSPS) is 11.1. The molecule has 2 aromatic carbocycles. The van der Waals surface area contributed by atoms with E-state index in [0.29, 0.717) is 0 Å². The first-order valence-corrected chi connectivity index (χ1v) is 6.76. The van der Waals surface area contributed by atoms with Gasteiger partial charge in [0.1, 0.15) is 0 Å². The number of rotatable bonds is 2. The summed E-state index contributed by atoms with van der Waals surface area (Å²) in [7, 11) is 0. The van der Waals surface area contributed by atoms with Crippen LogP contribution in [0.4, 0.5) is 0 Å². The molecule has 0 fully saturated rings. The molecular weight excluding hydrogens is 230 g/mol. The van der Waals surface area contributed by atoms with E-state index in [2.05, 4.69) is 74.0 Å². The zero-order valence-electron chi connectivity index (χ0n) is 11.8. The predicted molar refractivity (Wildman–Crippen MR) is 81.7 cm³/mol. The summed E-state index contributed by atoms with van der Waals surface area (Å²) in [6.07, 6.45) is 2.19. The van der Waals surface area contributed by atoms with Crippen LogP contribution in [0.2, 0.25) is 0 Å². The van der Waals surface area contributed by atoms with E-state index in [9.17, 15) is 0 Å². The lowest BCUT2D eigenvalue weighted by Gasteiger charge is -2.12. The highest BCUT2D eigenvalue weighted by atomic mass is 14.9. The Morgan fingerprint density at radius 1 is 0.895 bits per heavy atom. The van der Waals surface area contributed by atoms with E-state index >= 15 is 0 Å². The molecule has 1 heterocycles. The first kappa shape index (κ1) is 12.0. The van der Waals surface area contributed by atoms with Crippen LogP contribution in [0.3, 0.4) is 0 Å². The maximum Gasteiger partial charge on any atom is 0.0483 e. The van der Waals surface area contributed by atoms with Gasteiger partial charge in [0.25, 0.3) is 0 Å². The van der Waals surface area contributed by atoms with E-state index in [1.165, 1.54) is 33.2 Å². The average molecular weight is 249 g/mol. The van der Waals surface area contributed by atoms with Crippen LogP contribution in [-0.2, 0) is 6.54 Å². The number of aryl methyl sites for hydroxylation is 3. The number of aromatic nitrogens is 1. The Hall–Kier alpha value is -2.02. The van der Waals surface area contributed by atoms with Gasteiger partial charge in [0.05, 0.1) is 0 Å². The van der Waals surface area contributed by atoms with Crippen molar-refractivity contribution >= 4 is 10.9 Å². The standard InChI is InChI=1S/C18H19N/c1-13-7-8-18-16(11-13)9-10-19(18)12-17-14(2)5-4-6-15(17)3/h4-11H,12H2,1-3H3. The van der Waals surface area contributed by atoms with Gasteiger partial charge in [-0.2, -0.15) is 0 Å². The Labute approximate surface area is 114 Å². The van der Waals surface area contributed by atoms with Crippen LogP contribution < -0.4 is 0 Å². The molecule has 96 valence electrons. The smallest absolute Gasteiger partial charge is 0.0483 e. The van der Waals surface area contributed by atoms with Gasteiger partial charge in [-0.15, -0.1) is 0 Å². The van der Waals surface area contributed by atoms with Gasteiger partial charge >= 0.3 is 0 Å². The Balaban J connectivity index is 2.06. The summed E-state index contributed by atoms with van der Waals surface area (Å²) in [4.78, 5) is 0. The summed E-state index contributed by atoms with van der Waals surface area (Å²) in [5.74, 6) is 0. The van der Waals surface area contributed by atoms with Gasteiger partial charge in [-0.3, -0.25) is 0 Å². The molecule has 1 aromatic heterocycles. The molecule has 3 aromatic rings. The average Bonchev–Trinajstić information content (AvgIpc) is 2.76. The van der Waals surface area contributed by atoms with Crippen molar-refractivity contribution in [2.24, 2.45) is 0 Å². The zero-order chi connectivity index (χ0) is 13.4. The molecule has 0 bridgehead atoms. The molecule has 0 atom stereocenters. The molecule has 0 saturated heterocycles. The van der Waals surface area contributed by atoms with Crippen LogP contribution in [0.25, 0.3) is 10.9 Å². The van der Waals surface area contributed by atoms with Gasteiger partial charge in [0.2, 0.25) is 0 Å². The van der Waals surface area contributed by atoms with Crippen LogP contribution in [0.1, 0.15) is 22.3 Å². The summed E-state index contributed by atoms with van der Waals surface area (Å²) in [6, 6.07) is 15.4. The Morgan fingerprint density at radius 3 is 2.37 bits per heavy atom. The lowest BCUT2D eigenvalue weighted by atomic mass is 10.0. The topological polar surface area (TPSA) is 4.93 Å². The summed E-state index contributed by atoms with van der Waals surface area (Å²) < 4.78 is 2.34. The highest BCUT2D eigenvalue weighted by Crippen LogP contribution is 2.21. The molecular formula is C18H19N. The van der Waals surface area contributed by atoms with Crippen LogP contribution in [0, 0.1) is 20.8 Å². The number of hydrogen-bond acceptors (Lipinski definition) is 0. The molecule has 0 aliphatic heterocycles. The van der Waals surface area contributed by atoms with Crippen LogP contribution in [0.5, 0.6) is 0 Å². The fraction of sp³-hybridized carbons (Fsp3) is 0.222. The van der Waals surface area contributed by atoms with Gasteiger partial charge in [-0.25, -0.2) is 0 Å². The van der Waals surface area contributed by atoms with Gasteiger partial charge in [0.15, 0.2) is 0 Å². The van der Waals surface area contributed by atoms with Gasteiger partial charge < -0.3 is 4.57 Å². The fourth-order valence-electron chi connectivity index (χ4n) is 2.73. The predicted octanol–water partition coefficient (Wildman–Crippen LogP) is 4.61. The van der Waals surface area contributed by atoms with E-state index in [-0.39, 0.29) is 0 Å². The van der Waals surface area contributed by atoms with E-state index in [1.807, 2.05) is 0 Å². The minimum atomic E-state index is 0.949. The van der Waals surface area contributed by atoms with E-state index in [1.54, 1.807) is 0 Å². The number of hydrogen-bond donors (Lipinski definition) is 0. The molecule has 0 radical (unpaired) electrons. The lowest BCUT2D eigenvalue weighted by Crippen LogP contribution is -2.02. The zero-order valence-corrected chi connectivity index (χ0v) is 11.8. The third-order valence-corrected chi connectivity index (χ3v) is 3.90. The molecule has 19 heavy (non-hydrogen) atoms. The molecule has 0 unspecified atom stereocenters. The maximum absolute atomic E-state index is 2.34. The minimum Gasteiger partial charge on any atom is -0.343 e. The van der Waals surface area contributed by atoms with E-state index in [0.717, 1.165) is 6.54 Å². The summed E-state index contributed by atoms with van der Waals surface area (Å²) >= 11 is 0. The van der Waals surface area contributed by atoms with Crippen molar-refractivity contribution in [3.8, 4) is 0 Å². The molecule has 0 amide bonds. The second-order valence-corrected chi connectivity index (χ2v) is 5.38. The largest absolute Gasteiger partial charge is 0.343 e. The summed E-state index contributed by atoms with van der Waals surface area (Å²) in [5, 5.41) is 1.33. The van der Waals surface area contributed by atoms with Crippen LogP contribution in [-0.4, -0.2) is 4.57 Å². The monoisotopic (exact) mass is 249 g/mol. The molecule has 0 aliphatic carbocycles. The van der Waals surface area contributed by atoms with Gasteiger partial charge in [-0.1, -0.05) is 29.8 Å². The van der Waals surface area contributed by atoms with Crippen molar-refractivity contribution in [2.45, 2.75) is 27.3 Å². The van der Waals surface area contributed by atoms with E-state index in [4.69, 9.17) is 0 Å². The van der Waals surface area contributed by atoms with Crippen molar-refractivity contribution in [1.82, 2.24) is 4.57 Å². The third-order valence-electron chi connectivity index (χ3n) is 3.90. The third kappa shape index (κ3) is 2.17. The number of fused-ring (bicyclic) bond motifs is 1. The quantitative estimate of drug-likeness (QED) is 0.625. The maximum atomic E-state index is 2.34. The van der Waals surface area contributed by atoms with Crippen molar-refractivity contribution in [3.05, 3.63) is 70.9 Å². The number of nitrogens with zero attached hydrogens (tertiary/aromatic N) is 1. The molecule has 0 aliphatic rings. The molecule has 1 heteroatoms. The molecule has 1 nitrogen and oxygen atoms in total. The fourth-order valence-corrected chi connectivity index (χ4v) is 2.73. The highest BCUT2D eigenvalue weighted by Gasteiger charge is 2.06. The van der Waals surface area contributed by atoms with Crippen LogP contribution in [0.15, 0.2) is 48.7 Å². The van der Waals surface area contributed by atoms with E-state index < -0.39 is 0 Å². The Morgan fingerprint density at radius 2 is 1.63 bits per heavy atom. The molecule has 0 spiro atoms. The minimum absolute atomic E-state index is 0.949. The SMILES string of the molecule is Cc1ccc2c(ccn2Cc2c(C)cccc2C)c1. The van der Waals surface area contributed by atoms with Gasteiger partial charge in [-0.05, 0) is 61.0 Å². The number of benzene rings is 2. The second-order valence-electron chi connectivity index (χ2n) is 5.38.